The highest BCUT2D eigenvalue weighted by Gasteiger charge is 2.35. The standard InChI is InChI=1S/C32H32F4N4O/c33-30-13-10-26(19-29(30)32(34,35)36)38-31(41)40(21-22-14-16-39(17-15-22)27-6-1-2-7-27)28-11-8-24(9-12-28)25-5-3-4-23(18-25)20-37/h3-5,8-13,18-19,22,27H,1-2,6-7,14-17,21H2,(H,38,41). The summed E-state index contributed by atoms with van der Waals surface area (Å²) in [6.07, 6.45) is 1.99. The lowest BCUT2D eigenvalue weighted by Gasteiger charge is -2.37. The minimum Gasteiger partial charge on any atom is -0.308 e. The molecule has 2 fully saturated rings. The number of benzene rings is 3. The summed E-state index contributed by atoms with van der Waals surface area (Å²) < 4.78 is 53.7. The second-order valence-corrected chi connectivity index (χ2v) is 10.9. The molecular weight excluding hydrogens is 532 g/mol. The number of nitrogens with zero attached hydrogens (tertiary/aromatic N) is 3. The van der Waals surface area contributed by atoms with Crippen molar-refractivity contribution in [2.75, 3.05) is 29.9 Å². The van der Waals surface area contributed by atoms with E-state index in [4.69, 9.17) is 0 Å². The SMILES string of the molecule is N#Cc1cccc(-c2ccc(N(CC3CCN(C4CCCC4)CC3)C(=O)Nc3ccc(F)c(C(F)(F)F)c3)cc2)c1. The molecule has 1 saturated carbocycles. The van der Waals surface area contributed by atoms with Gasteiger partial charge in [-0.1, -0.05) is 37.1 Å². The molecule has 5 nitrogen and oxygen atoms in total. The van der Waals surface area contributed by atoms with Gasteiger partial charge in [-0.15, -0.1) is 0 Å². The molecule has 0 atom stereocenters. The lowest BCUT2D eigenvalue weighted by Crippen LogP contribution is -2.45. The Morgan fingerprint density at radius 1 is 0.951 bits per heavy atom. The third kappa shape index (κ3) is 6.88. The maximum Gasteiger partial charge on any atom is 0.419 e. The predicted molar refractivity (Wildman–Crippen MR) is 151 cm³/mol. The number of nitrogens with one attached hydrogen (secondary N) is 1. The summed E-state index contributed by atoms with van der Waals surface area (Å²) in [5, 5.41) is 11.8. The third-order valence-corrected chi connectivity index (χ3v) is 8.20. The smallest absolute Gasteiger partial charge is 0.308 e. The van der Waals surface area contributed by atoms with Gasteiger partial charge in [-0.05, 0) is 98.3 Å². The Hall–Kier alpha value is -3.90. The summed E-state index contributed by atoms with van der Waals surface area (Å²) in [6, 6.07) is 19.2. The van der Waals surface area contributed by atoms with E-state index >= 15 is 0 Å². The lowest BCUT2D eigenvalue weighted by atomic mass is 9.94. The molecule has 1 heterocycles. The number of carbonyl (C=O) groups is 1. The van der Waals surface area contributed by atoms with E-state index in [-0.39, 0.29) is 11.6 Å². The highest BCUT2D eigenvalue weighted by molar-refractivity contribution is 6.02. The summed E-state index contributed by atoms with van der Waals surface area (Å²) in [5.41, 5.74) is 1.30. The largest absolute Gasteiger partial charge is 0.419 e. The summed E-state index contributed by atoms with van der Waals surface area (Å²) in [5.74, 6) is -1.17. The average Bonchev–Trinajstić information content (AvgIpc) is 3.52. The molecule has 2 amide bonds. The maximum atomic E-state index is 13.8. The van der Waals surface area contributed by atoms with Crippen molar-refractivity contribution in [1.29, 1.82) is 5.26 Å². The zero-order chi connectivity index (χ0) is 29.0. The van der Waals surface area contributed by atoms with Gasteiger partial charge in [-0.2, -0.15) is 18.4 Å². The number of piperidine rings is 1. The molecule has 0 radical (unpaired) electrons. The van der Waals surface area contributed by atoms with Crippen LogP contribution in [0, 0.1) is 23.1 Å². The number of alkyl halides is 3. The molecule has 5 rings (SSSR count). The van der Waals surface area contributed by atoms with Crippen LogP contribution in [0.5, 0.6) is 0 Å². The lowest BCUT2D eigenvalue weighted by molar-refractivity contribution is -0.139. The first-order chi connectivity index (χ1) is 19.7. The average molecular weight is 565 g/mol. The highest BCUT2D eigenvalue weighted by Crippen LogP contribution is 2.34. The van der Waals surface area contributed by atoms with Crippen LogP contribution in [0.2, 0.25) is 0 Å². The van der Waals surface area contributed by atoms with Gasteiger partial charge in [0.15, 0.2) is 0 Å². The number of carbonyl (C=O) groups excluding carboxylic acids is 1. The van der Waals surface area contributed by atoms with Crippen LogP contribution in [0.15, 0.2) is 66.7 Å². The number of likely N-dealkylation sites (tertiary alicyclic amines) is 1. The Morgan fingerprint density at radius 3 is 2.32 bits per heavy atom. The van der Waals surface area contributed by atoms with E-state index in [2.05, 4.69) is 16.3 Å². The topological polar surface area (TPSA) is 59.4 Å². The fourth-order valence-electron chi connectivity index (χ4n) is 5.95. The van der Waals surface area contributed by atoms with Crippen LogP contribution in [-0.2, 0) is 6.18 Å². The molecule has 2 aliphatic rings. The first-order valence-electron chi connectivity index (χ1n) is 14.0. The van der Waals surface area contributed by atoms with Crippen LogP contribution in [0.4, 0.5) is 33.7 Å². The van der Waals surface area contributed by atoms with Crippen molar-refractivity contribution in [2.45, 2.75) is 50.7 Å². The van der Waals surface area contributed by atoms with Gasteiger partial charge in [0.25, 0.3) is 0 Å². The van der Waals surface area contributed by atoms with Crippen molar-refractivity contribution >= 4 is 17.4 Å². The maximum absolute atomic E-state index is 13.8. The molecule has 9 heteroatoms. The van der Waals surface area contributed by atoms with E-state index < -0.39 is 23.6 Å². The minimum atomic E-state index is -4.88. The van der Waals surface area contributed by atoms with Crippen molar-refractivity contribution in [3.8, 4) is 17.2 Å². The number of anilines is 2. The molecule has 0 unspecified atom stereocenters. The fraction of sp³-hybridized carbons (Fsp3) is 0.375. The first kappa shape index (κ1) is 28.6. The molecule has 1 aliphatic heterocycles. The van der Waals surface area contributed by atoms with Gasteiger partial charge >= 0.3 is 12.2 Å². The van der Waals surface area contributed by atoms with Gasteiger partial charge in [-0.25, -0.2) is 9.18 Å². The predicted octanol–water partition coefficient (Wildman–Crippen LogP) is 8.08. The van der Waals surface area contributed by atoms with Gasteiger partial charge in [-0.3, -0.25) is 4.90 Å². The Morgan fingerprint density at radius 2 is 1.66 bits per heavy atom. The van der Waals surface area contributed by atoms with E-state index in [0.717, 1.165) is 43.1 Å². The van der Waals surface area contributed by atoms with Gasteiger partial charge in [0.1, 0.15) is 5.82 Å². The third-order valence-electron chi connectivity index (χ3n) is 8.20. The fourth-order valence-corrected chi connectivity index (χ4v) is 5.95. The van der Waals surface area contributed by atoms with E-state index in [9.17, 15) is 27.6 Å². The number of rotatable bonds is 6. The van der Waals surface area contributed by atoms with Crippen LogP contribution in [0.1, 0.15) is 49.7 Å². The van der Waals surface area contributed by atoms with Crippen molar-refractivity contribution in [1.82, 2.24) is 4.90 Å². The molecule has 0 spiro atoms. The number of halogens is 4. The molecule has 1 saturated heterocycles. The molecule has 41 heavy (non-hydrogen) atoms. The van der Waals surface area contributed by atoms with Crippen molar-refractivity contribution in [2.24, 2.45) is 5.92 Å². The number of urea groups is 1. The Bertz CT molecular complexity index is 1400. The molecule has 1 N–H and O–H groups in total. The molecule has 3 aromatic carbocycles. The van der Waals surface area contributed by atoms with E-state index in [1.54, 1.807) is 35.2 Å². The molecule has 3 aromatic rings. The molecule has 0 bridgehead atoms. The Balaban J connectivity index is 1.36. The van der Waals surface area contributed by atoms with Crippen molar-refractivity contribution < 1.29 is 22.4 Å². The van der Waals surface area contributed by atoms with Crippen LogP contribution in [0.25, 0.3) is 11.1 Å². The molecular formula is C32H32F4N4O. The quantitative estimate of drug-likeness (QED) is 0.308. The van der Waals surface area contributed by atoms with Gasteiger partial charge < -0.3 is 10.2 Å². The number of hydrogen-bond acceptors (Lipinski definition) is 3. The summed E-state index contributed by atoms with van der Waals surface area (Å²) in [7, 11) is 0. The van der Waals surface area contributed by atoms with Crippen LogP contribution in [-0.4, -0.2) is 36.6 Å². The molecule has 1 aliphatic carbocycles. The summed E-state index contributed by atoms with van der Waals surface area (Å²) in [4.78, 5) is 17.6. The molecule has 214 valence electrons. The van der Waals surface area contributed by atoms with Gasteiger partial charge in [0.2, 0.25) is 0 Å². The Labute approximate surface area is 237 Å². The van der Waals surface area contributed by atoms with Crippen LogP contribution >= 0.6 is 0 Å². The normalized spacial score (nSPS) is 16.9. The first-order valence-corrected chi connectivity index (χ1v) is 14.0. The monoisotopic (exact) mass is 564 g/mol. The van der Waals surface area contributed by atoms with Crippen LogP contribution in [0.3, 0.4) is 0 Å². The van der Waals surface area contributed by atoms with Gasteiger partial charge in [0.05, 0.1) is 17.2 Å². The highest BCUT2D eigenvalue weighted by atomic mass is 19.4. The zero-order valence-corrected chi connectivity index (χ0v) is 22.6. The Kier molecular flexibility index (Phi) is 8.60. The van der Waals surface area contributed by atoms with Crippen LogP contribution < -0.4 is 10.2 Å². The minimum absolute atomic E-state index is 0.130. The second kappa shape index (κ2) is 12.3. The van der Waals surface area contributed by atoms with E-state index in [0.29, 0.717) is 36.0 Å². The van der Waals surface area contributed by atoms with E-state index in [1.807, 2.05) is 18.2 Å². The number of hydrogen-bond donors (Lipinski definition) is 1. The zero-order valence-electron chi connectivity index (χ0n) is 22.6. The van der Waals surface area contributed by atoms with E-state index in [1.165, 1.54) is 25.7 Å². The second-order valence-electron chi connectivity index (χ2n) is 10.9. The summed E-state index contributed by atoms with van der Waals surface area (Å²) in [6.45, 7) is 2.33. The number of amides is 2. The van der Waals surface area contributed by atoms with Gasteiger partial charge in [0, 0.05) is 24.0 Å². The summed E-state index contributed by atoms with van der Waals surface area (Å²) >= 11 is 0. The molecule has 0 aromatic heterocycles. The van der Waals surface area contributed by atoms with Crippen molar-refractivity contribution in [3.05, 3.63) is 83.7 Å². The van der Waals surface area contributed by atoms with Crippen molar-refractivity contribution in [3.63, 3.8) is 0 Å². The number of nitriles is 1.